The predicted octanol–water partition coefficient (Wildman–Crippen LogP) is 2.80. The molecule has 0 aromatic carbocycles. The molecule has 1 aromatic heterocycles. The summed E-state index contributed by atoms with van der Waals surface area (Å²) in [6.07, 6.45) is 6.99. The minimum atomic E-state index is -0.559. The quantitative estimate of drug-likeness (QED) is 0.413. The second kappa shape index (κ2) is 8.39. The van der Waals surface area contributed by atoms with E-state index in [2.05, 4.69) is 21.9 Å². The Morgan fingerprint density at radius 1 is 1.37 bits per heavy atom. The maximum absolute atomic E-state index is 13.4. The molecule has 6 heteroatoms. The fraction of sp³-hybridized carbons (Fsp3) is 0.615. The van der Waals surface area contributed by atoms with Crippen molar-refractivity contribution in [1.82, 2.24) is 14.9 Å². The van der Waals surface area contributed by atoms with Gasteiger partial charge in [-0.3, -0.25) is 0 Å². The lowest BCUT2D eigenvalue weighted by Gasteiger charge is -2.05. The molecule has 0 bridgehead atoms. The van der Waals surface area contributed by atoms with Crippen molar-refractivity contribution in [3.8, 4) is 6.01 Å². The molecular formula is C13H21FN4O. The maximum Gasteiger partial charge on any atom is 0.318 e. The molecule has 0 aliphatic carbocycles. The van der Waals surface area contributed by atoms with Gasteiger partial charge in [0.1, 0.15) is 0 Å². The highest BCUT2D eigenvalue weighted by Crippen LogP contribution is 2.16. The average Bonchev–Trinajstić information content (AvgIpc) is 2.38. The number of nitrogens with zero attached hydrogens (tertiary/aromatic N) is 4. The molecule has 0 spiro atoms. The lowest BCUT2D eigenvalue weighted by Crippen LogP contribution is -2.07. The second-order valence-corrected chi connectivity index (χ2v) is 4.44. The van der Waals surface area contributed by atoms with Crippen LogP contribution in [0.3, 0.4) is 0 Å². The Labute approximate surface area is 113 Å². The predicted molar refractivity (Wildman–Crippen MR) is 73.5 cm³/mol. The minimum absolute atomic E-state index is 0.00717. The summed E-state index contributed by atoms with van der Waals surface area (Å²) >= 11 is 0. The van der Waals surface area contributed by atoms with Gasteiger partial charge in [-0.15, -0.1) is 0 Å². The number of aliphatic imine (C=N–C) groups is 1. The summed E-state index contributed by atoms with van der Waals surface area (Å²) in [5.41, 5.74) is 0. The minimum Gasteiger partial charge on any atom is -0.463 e. The van der Waals surface area contributed by atoms with Crippen LogP contribution in [0.25, 0.3) is 0 Å². The van der Waals surface area contributed by atoms with E-state index >= 15 is 0 Å². The largest absolute Gasteiger partial charge is 0.463 e. The SMILES string of the molecule is CCCCCCOc1ncc(F)c(/N=C/N(C)C)n1. The molecule has 0 atom stereocenters. The van der Waals surface area contributed by atoms with E-state index < -0.39 is 5.82 Å². The first kappa shape index (κ1) is 15.3. The Kier molecular flexibility index (Phi) is 6.78. The number of hydrogen-bond donors (Lipinski definition) is 0. The van der Waals surface area contributed by atoms with Crippen molar-refractivity contribution in [2.75, 3.05) is 20.7 Å². The number of hydrogen-bond acceptors (Lipinski definition) is 4. The Bertz CT molecular complexity index is 410. The first-order valence-corrected chi connectivity index (χ1v) is 6.49. The molecule has 0 unspecified atom stereocenters. The van der Waals surface area contributed by atoms with Crippen molar-refractivity contribution in [3.05, 3.63) is 12.0 Å². The molecule has 0 saturated heterocycles. The zero-order valence-corrected chi connectivity index (χ0v) is 11.8. The summed E-state index contributed by atoms with van der Waals surface area (Å²) < 4.78 is 18.8. The Morgan fingerprint density at radius 2 is 2.16 bits per heavy atom. The van der Waals surface area contributed by atoms with Gasteiger partial charge in [-0.05, 0) is 6.42 Å². The van der Waals surface area contributed by atoms with Crippen LogP contribution in [-0.2, 0) is 0 Å². The summed E-state index contributed by atoms with van der Waals surface area (Å²) in [7, 11) is 3.60. The van der Waals surface area contributed by atoms with Gasteiger partial charge < -0.3 is 9.64 Å². The van der Waals surface area contributed by atoms with Gasteiger partial charge in [0.2, 0.25) is 0 Å². The first-order valence-electron chi connectivity index (χ1n) is 6.49. The molecule has 0 fully saturated rings. The molecular weight excluding hydrogens is 247 g/mol. The van der Waals surface area contributed by atoms with Gasteiger partial charge in [-0.1, -0.05) is 26.2 Å². The van der Waals surface area contributed by atoms with E-state index in [-0.39, 0.29) is 11.8 Å². The van der Waals surface area contributed by atoms with Crippen molar-refractivity contribution in [2.45, 2.75) is 32.6 Å². The van der Waals surface area contributed by atoms with Gasteiger partial charge in [-0.2, -0.15) is 4.98 Å². The van der Waals surface area contributed by atoms with Gasteiger partial charge >= 0.3 is 6.01 Å². The molecule has 106 valence electrons. The van der Waals surface area contributed by atoms with Crippen LogP contribution in [0.4, 0.5) is 10.2 Å². The van der Waals surface area contributed by atoms with E-state index in [9.17, 15) is 4.39 Å². The Hall–Kier alpha value is -1.72. The third kappa shape index (κ3) is 6.13. The standard InChI is InChI=1S/C13H21FN4O/c1-4-5-6-7-8-19-13-15-9-11(14)12(17-13)16-10-18(2)3/h9-10H,4-8H2,1-3H3/b16-10+. The lowest BCUT2D eigenvalue weighted by atomic mass is 10.2. The zero-order valence-electron chi connectivity index (χ0n) is 11.8. The van der Waals surface area contributed by atoms with Gasteiger partial charge in [0.05, 0.1) is 19.1 Å². The van der Waals surface area contributed by atoms with E-state index in [0.717, 1.165) is 19.0 Å². The number of aromatic nitrogens is 2. The monoisotopic (exact) mass is 268 g/mol. The van der Waals surface area contributed by atoms with E-state index in [1.807, 2.05) is 0 Å². The van der Waals surface area contributed by atoms with Gasteiger partial charge in [0, 0.05) is 14.1 Å². The smallest absolute Gasteiger partial charge is 0.318 e. The summed E-state index contributed by atoms with van der Waals surface area (Å²) in [5.74, 6) is -0.566. The topological polar surface area (TPSA) is 50.6 Å². The van der Waals surface area contributed by atoms with Crippen LogP contribution in [0.1, 0.15) is 32.6 Å². The van der Waals surface area contributed by atoms with Gasteiger partial charge in [0.15, 0.2) is 11.6 Å². The summed E-state index contributed by atoms with van der Waals surface area (Å²) in [5, 5.41) is 0. The molecule has 1 rings (SSSR count). The third-order valence-corrected chi connectivity index (χ3v) is 2.34. The van der Waals surface area contributed by atoms with Crippen molar-refractivity contribution in [1.29, 1.82) is 0 Å². The molecule has 1 heterocycles. The van der Waals surface area contributed by atoms with Gasteiger partial charge in [0.25, 0.3) is 0 Å². The van der Waals surface area contributed by atoms with Crippen LogP contribution in [-0.4, -0.2) is 41.9 Å². The Morgan fingerprint density at radius 3 is 2.84 bits per heavy atom. The molecule has 0 aliphatic rings. The highest BCUT2D eigenvalue weighted by molar-refractivity contribution is 5.59. The van der Waals surface area contributed by atoms with Crippen molar-refractivity contribution in [2.24, 2.45) is 4.99 Å². The van der Waals surface area contributed by atoms with Crippen molar-refractivity contribution >= 4 is 12.2 Å². The van der Waals surface area contributed by atoms with E-state index in [0.29, 0.717) is 6.61 Å². The van der Waals surface area contributed by atoms with Crippen LogP contribution < -0.4 is 4.74 Å². The van der Waals surface area contributed by atoms with Crippen molar-refractivity contribution in [3.63, 3.8) is 0 Å². The van der Waals surface area contributed by atoms with Crippen LogP contribution in [0.5, 0.6) is 6.01 Å². The molecule has 0 N–H and O–H groups in total. The molecule has 0 radical (unpaired) electrons. The van der Waals surface area contributed by atoms with Crippen LogP contribution in [0.2, 0.25) is 0 Å². The molecule has 5 nitrogen and oxygen atoms in total. The highest BCUT2D eigenvalue weighted by Gasteiger charge is 2.06. The number of rotatable bonds is 8. The molecule has 0 aliphatic heterocycles. The maximum atomic E-state index is 13.4. The fourth-order valence-corrected chi connectivity index (χ4v) is 1.37. The van der Waals surface area contributed by atoms with E-state index in [1.54, 1.807) is 19.0 Å². The van der Waals surface area contributed by atoms with E-state index in [4.69, 9.17) is 4.74 Å². The number of unbranched alkanes of at least 4 members (excludes halogenated alkanes) is 3. The average molecular weight is 268 g/mol. The summed E-state index contributed by atoms with van der Waals surface area (Å²) in [4.78, 5) is 13.3. The molecule has 0 saturated carbocycles. The number of halogens is 1. The van der Waals surface area contributed by atoms with Crippen LogP contribution in [0, 0.1) is 5.82 Å². The first-order chi connectivity index (χ1) is 9.13. The van der Waals surface area contributed by atoms with Crippen LogP contribution >= 0.6 is 0 Å². The second-order valence-electron chi connectivity index (χ2n) is 4.44. The highest BCUT2D eigenvalue weighted by atomic mass is 19.1. The van der Waals surface area contributed by atoms with E-state index in [1.165, 1.54) is 19.2 Å². The molecule has 19 heavy (non-hydrogen) atoms. The normalized spacial score (nSPS) is 10.9. The number of ether oxygens (including phenoxy) is 1. The summed E-state index contributed by atoms with van der Waals surface area (Å²) in [6, 6.07) is 0.170. The fourth-order valence-electron chi connectivity index (χ4n) is 1.37. The third-order valence-electron chi connectivity index (χ3n) is 2.34. The lowest BCUT2D eigenvalue weighted by molar-refractivity contribution is 0.281. The van der Waals surface area contributed by atoms with Crippen molar-refractivity contribution < 1.29 is 9.13 Å². The van der Waals surface area contributed by atoms with Crippen LogP contribution in [0.15, 0.2) is 11.2 Å². The zero-order chi connectivity index (χ0) is 14.1. The van der Waals surface area contributed by atoms with Gasteiger partial charge in [-0.25, -0.2) is 14.4 Å². The summed E-state index contributed by atoms with van der Waals surface area (Å²) in [6.45, 7) is 2.70. The Balaban J connectivity index is 2.53. The molecule has 1 aromatic rings. The molecule has 0 amide bonds.